The third-order valence-electron chi connectivity index (χ3n) is 2.79. The number of anilines is 1. The number of aromatic amines is 1. The van der Waals surface area contributed by atoms with Gasteiger partial charge in [-0.3, -0.25) is 14.6 Å². The quantitative estimate of drug-likeness (QED) is 0.789. The van der Waals surface area contributed by atoms with Crippen LogP contribution in [0.15, 0.2) is 23.1 Å². The van der Waals surface area contributed by atoms with E-state index in [9.17, 15) is 13.2 Å². The van der Waals surface area contributed by atoms with Crippen LogP contribution in [-0.4, -0.2) is 24.5 Å². The van der Waals surface area contributed by atoms with E-state index in [2.05, 4.69) is 14.9 Å². The van der Waals surface area contributed by atoms with E-state index in [0.29, 0.717) is 5.69 Å². The van der Waals surface area contributed by atoms with Gasteiger partial charge < -0.3 is 5.73 Å². The average molecular weight is 329 g/mol. The Kier molecular flexibility index (Phi) is 3.93. The second-order valence-electron chi connectivity index (χ2n) is 4.48. The predicted molar refractivity (Wildman–Crippen MR) is 78.8 cm³/mol. The molecule has 1 aromatic heterocycles. The number of nitrogens with one attached hydrogen (secondary N) is 2. The van der Waals surface area contributed by atoms with E-state index >= 15 is 0 Å². The monoisotopic (exact) mass is 328 g/mol. The van der Waals surface area contributed by atoms with Gasteiger partial charge in [0.1, 0.15) is 10.6 Å². The van der Waals surface area contributed by atoms with Gasteiger partial charge in [-0.2, -0.15) is 5.10 Å². The highest BCUT2D eigenvalue weighted by atomic mass is 35.5. The van der Waals surface area contributed by atoms with Crippen molar-refractivity contribution >= 4 is 33.2 Å². The lowest BCUT2D eigenvalue weighted by molar-refractivity contribution is 0.0996. The Bertz CT molecular complexity index is 814. The van der Waals surface area contributed by atoms with Crippen LogP contribution in [0.5, 0.6) is 0 Å². The van der Waals surface area contributed by atoms with Crippen LogP contribution in [0.2, 0.25) is 5.02 Å². The van der Waals surface area contributed by atoms with Crippen molar-refractivity contribution in [2.24, 2.45) is 5.73 Å². The predicted octanol–water partition coefficient (Wildman–Crippen LogP) is 1.58. The first-order valence-corrected chi connectivity index (χ1v) is 7.72. The van der Waals surface area contributed by atoms with Crippen molar-refractivity contribution in [3.05, 3.63) is 40.2 Å². The van der Waals surface area contributed by atoms with Crippen molar-refractivity contribution < 1.29 is 13.2 Å². The van der Waals surface area contributed by atoms with Gasteiger partial charge in [-0.25, -0.2) is 8.42 Å². The number of nitrogens with two attached hydrogens (primary N) is 1. The van der Waals surface area contributed by atoms with E-state index in [0.717, 1.165) is 5.56 Å². The van der Waals surface area contributed by atoms with Crippen molar-refractivity contribution in [1.82, 2.24) is 10.2 Å². The molecule has 0 saturated carbocycles. The number of primary amides is 1. The minimum Gasteiger partial charge on any atom is -0.364 e. The van der Waals surface area contributed by atoms with E-state index in [1.165, 1.54) is 12.1 Å². The summed E-state index contributed by atoms with van der Waals surface area (Å²) in [6, 6.07) is 4.55. The van der Waals surface area contributed by atoms with Gasteiger partial charge in [0.05, 0.1) is 10.7 Å². The molecule has 21 heavy (non-hydrogen) atoms. The molecular formula is C12H13ClN4O3S. The fourth-order valence-electron chi connectivity index (χ4n) is 1.75. The van der Waals surface area contributed by atoms with Crippen LogP contribution in [-0.2, 0) is 10.0 Å². The lowest BCUT2D eigenvalue weighted by atomic mass is 10.2. The third-order valence-corrected chi connectivity index (χ3v) is 4.63. The number of nitrogens with zero attached hydrogens (tertiary/aromatic N) is 1. The molecule has 9 heteroatoms. The topological polar surface area (TPSA) is 118 Å². The number of hydrogen-bond donors (Lipinski definition) is 3. The average Bonchev–Trinajstić information content (AvgIpc) is 2.70. The standard InChI is InChI=1S/C12H13ClN4O3S/c1-6-3-4-9(8(13)5-6)21(19,20)17-10-7(2)15-16-11(10)12(14)18/h3-5,17H,1-2H3,(H2,14,18)(H,15,16). The number of hydrogen-bond acceptors (Lipinski definition) is 4. The van der Waals surface area contributed by atoms with Crippen LogP contribution >= 0.6 is 11.6 Å². The Morgan fingerprint density at radius 3 is 2.62 bits per heavy atom. The molecule has 2 rings (SSSR count). The van der Waals surface area contributed by atoms with Crippen LogP contribution in [0.3, 0.4) is 0 Å². The highest BCUT2D eigenvalue weighted by Crippen LogP contribution is 2.26. The van der Waals surface area contributed by atoms with Gasteiger partial charge in [0.2, 0.25) is 0 Å². The Morgan fingerprint density at radius 2 is 2.05 bits per heavy atom. The zero-order valence-electron chi connectivity index (χ0n) is 11.3. The number of sulfonamides is 1. The summed E-state index contributed by atoms with van der Waals surface area (Å²) in [5, 5.41) is 6.26. The Balaban J connectivity index is 2.47. The van der Waals surface area contributed by atoms with Crippen molar-refractivity contribution in [1.29, 1.82) is 0 Å². The molecule has 0 spiro atoms. The summed E-state index contributed by atoms with van der Waals surface area (Å²) >= 11 is 5.96. The number of rotatable bonds is 4. The minimum atomic E-state index is -3.96. The van der Waals surface area contributed by atoms with E-state index < -0.39 is 15.9 Å². The molecule has 7 nitrogen and oxygen atoms in total. The number of carbonyl (C=O) groups is 1. The largest absolute Gasteiger partial charge is 0.364 e. The van der Waals surface area contributed by atoms with Crippen LogP contribution in [0.4, 0.5) is 5.69 Å². The molecule has 0 unspecified atom stereocenters. The SMILES string of the molecule is Cc1ccc(S(=O)(=O)Nc2c(C(N)=O)n[nH]c2C)c(Cl)c1. The molecule has 112 valence electrons. The summed E-state index contributed by atoms with van der Waals surface area (Å²) < 4.78 is 27.0. The van der Waals surface area contributed by atoms with Gasteiger partial charge in [0, 0.05) is 0 Å². The summed E-state index contributed by atoms with van der Waals surface area (Å²) in [5.41, 5.74) is 6.19. The van der Waals surface area contributed by atoms with E-state index in [4.69, 9.17) is 17.3 Å². The molecule has 0 fully saturated rings. The molecule has 0 aliphatic carbocycles. The summed E-state index contributed by atoms with van der Waals surface area (Å²) in [5.74, 6) is -0.841. The smallest absolute Gasteiger partial charge is 0.271 e. The van der Waals surface area contributed by atoms with E-state index in [1.54, 1.807) is 19.9 Å². The van der Waals surface area contributed by atoms with Gasteiger partial charge in [0.25, 0.3) is 15.9 Å². The van der Waals surface area contributed by atoms with Crippen molar-refractivity contribution in [3.63, 3.8) is 0 Å². The van der Waals surface area contributed by atoms with Gasteiger partial charge >= 0.3 is 0 Å². The number of amides is 1. The molecule has 0 aliphatic heterocycles. The molecule has 2 aromatic rings. The highest BCUT2D eigenvalue weighted by Gasteiger charge is 2.23. The minimum absolute atomic E-state index is 0.0131. The molecule has 0 radical (unpaired) electrons. The Morgan fingerprint density at radius 1 is 1.38 bits per heavy atom. The maximum absolute atomic E-state index is 12.4. The molecule has 1 heterocycles. The van der Waals surface area contributed by atoms with Gasteiger partial charge in [-0.1, -0.05) is 17.7 Å². The zero-order chi connectivity index (χ0) is 15.8. The van der Waals surface area contributed by atoms with E-state index in [1.807, 2.05) is 0 Å². The molecule has 0 aliphatic rings. The first-order valence-electron chi connectivity index (χ1n) is 5.86. The summed E-state index contributed by atoms with van der Waals surface area (Å²) in [7, 11) is -3.96. The first-order chi connectivity index (χ1) is 9.72. The van der Waals surface area contributed by atoms with Crippen LogP contribution in [0, 0.1) is 13.8 Å². The van der Waals surface area contributed by atoms with Gasteiger partial charge in [-0.05, 0) is 31.5 Å². The number of carbonyl (C=O) groups excluding carboxylic acids is 1. The second kappa shape index (κ2) is 5.38. The Hall–Kier alpha value is -2.06. The number of H-pyrrole nitrogens is 1. The normalized spacial score (nSPS) is 11.4. The first kappa shape index (κ1) is 15.3. The summed E-state index contributed by atoms with van der Waals surface area (Å²) in [6.07, 6.45) is 0. The molecule has 0 saturated heterocycles. The molecule has 0 bridgehead atoms. The van der Waals surface area contributed by atoms with E-state index in [-0.39, 0.29) is 21.3 Å². The van der Waals surface area contributed by atoms with Crippen molar-refractivity contribution in [3.8, 4) is 0 Å². The zero-order valence-corrected chi connectivity index (χ0v) is 12.8. The fourth-order valence-corrected chi connectivity index (χ4v) is 3.48. The van der Waals surface area contributed by atoms with Crippen LogP contribution in [0.1, 0.15) is 21.7 Å². The highest BCUT2D eigenvalue weighted by molar-refractivity contribution is 7.92. The van der Waals surface area contributed by atoms with Gasteiger partial charge in [-0.15, -0.1) is 0 Å². The molecular weight excluding hydrogens is 316 g/mol. The molecule has 0 atom stereocenters. The molecule has 4 N–H and O–H groups in total. The summed E-state index contributed by atoms with van der Waals surface area (Å²) in [6.45, 7) is 3.36. The maximum atomic E-state index is 12.4. The third kappa shape index (κ3) is 3.01. The van der Waals surface area contributed by atoms with Crippen LogP contribution < -0.4 is 10.5 Å². The van der Waals surface area contributed by atoms with Crippen molar-refractivity contribution in [2.75, 3.05) is 4.72 Å². The van der Waals surface area contributed by atoms with Crippen molar-refractivity contribution in [2.45, 2.75) is 18.7 Å². The van der Waals surface area contributed by atoms with Crippen LogP contribution in [0.25, 0.3) is 0 Å². The lowest BCUT2D eigenvalue weighted by Crippen LogP contribution is -2.19. The number of aromatic nitrogens is 2. The number of halogens is 1. The fraction of sp³-hybridized carbons (Fsp3) is 0.167. The molecule has 1 amide bonds. The Labute approximate surface area is 126 Å². The second-order valence-corrected chi connectivity index (χ2v) is 6.53. The maximum Gasteiger partial charge on any atom is 0.271 e. The molecule has 1 aromatic carbocycles. The van der Waals surface area contributed by atoms with Gasteiger partial charge in [0.15, 0.2) is 5.69 Å². The number of aryl methyl sites for hydroxylation is 2. The number of benzene rings is 1. The summed E-state index contributed by atoms with van der Waals surface area (Å²) in [4.78, 5) is 11.2. The lowest BCUT2D eigenvalue weighted by Gasteiger charge is -2.10.